The van der Waals surface area contributed by atoms with Crippen molar-refractivity contribution in [2.75, 3.05) is 20.2 Å². The maximum absolute atomic E-state index is 12.8. The molecule has 32 heavy (non-hydrogen) atoms. The van der Waals surface area contributed by atoms with Crippen molar-refractivity contribution in [2.24, 2.45) is 4.99 Å². The van der Waals surface area contributed by atoms with Crippen LogP contribution < -0.4 is 4.80 Å². The molecule has 1 aliphatic rings. The van der Waals surface area contributed by atoms with Crippen LogP contribution in [-0.2, 0) is 26.1 Å². The Bertz CT molecular complexity index is 1320. The summed E-state index contributed by atoms with van der Waals surface area (Å²) < 4.78 is 34.4. The molecule has 2 heterocycles. The Morgan fingerprint density at radius 2 is 1.72 bits per heavy atom. The molecule has 1 aliphatic heterocycles. The fourth-order valence-electron chi connectivity index (χ4n) is 3.63. The minimum absolute atomic E-state index is 0.0698. The number of hydrogen-bond acceptors (Lipinski definition) is 6. The number of methoxy groups -OCH3 is 1. The summed E-state index contributed by atoms with van der Waals surface area (Å²) in [5, 5.41) is 0. The van der Waals surface area contributed by atoms with Gasteiger partial charge in [-0.15, -0.1) is 0 Å². The highest BCUT2D eigenvalue weighted by molar-refractivity contribution is 7.89. The van der Waals surface area contributed by atoms with Crippen molar-refractivity contribution in [3.05, 3.63) is 58.9 Å². The van der Waals surface area contributed by atoms with Crippen LogP contribution in [0.5, 0.6) is 0 Å². The average molecular weight is 474 g/mol. The molecule has 1 saturated heterocycles. The average Bonchev–Trinajstić information content (AvgIpc) is 3.16. The largest absolute Gasteiger partial charge is 0.468 e. The zero-order valence-electron chi connectivity index (χ0n) is 17.6. The second-order valence-electron chi connectivity index (χ2n) is 7.42. The van der Waals surface area contributed by atoms with E-state index in [1.54, 1.807) is 4.57 Å². The van der Waals surface area contributed by atoms with Crippen LogP contribution in [0.1, 0.15) is 29.6 Å². The second-order valence-corrected chi connectivity index (χ2v) is 10.4. The van der Waals surface area contributed by atoms with Gasteiger partial charge in [-0.3, -0.25) is 9.59 Å². The van der Waals surface area contributed by atoms with Crippen molar-refractivity contribution in [2.45, 2.75) is 30.7 Å². The van der Waals surface area contributed by atoms with Gasteiger partial charge in [0.05, 0.1) is 22.2 Å². The van der Waals surface area contributed by atoms with Crippen LogP contribution in [0.25, 0.3) is 10.2 Å². The fraction of sp³-hybridized carbons (Fsp3) is 0.318. The van der Waals surface area contributed by atoms with Gasteiger partial charge in [0.1, 0.15) is 6.54 Å². The standard InChI is InChI=1S/C22H23N3O5S2/c1-30-20(26)15-25-18-7-3-4-8-19(18)31-22(25)23-21(27)16-9-11-17(12-10-16)32(28,29)24-13-5-2-6-14-24/h3-4,7-12H,2,5-6,13-15H2,1H3. The molecule has 10 heteroatoms. The van der Waals surface area contributed by atoms with Gasteiger partial charge in [0.25, 0.3) is 5.91 Å². The number of nitrogens with zero attached hydrogens (tertiary/aromatic N) is 3. The topological polar surface area (TPSA) is 98.0 Å². The van der Waals surface area contributed by atoms with Gasteiger partial charge in [-0.2, -0.15) is 9.30 Å². The lowest BCUT2D eigenvalue weighted by Crippen LogP contribution is -2.35. The number of fused-ring (bicyclic) bond motifs is 1. The Labute approximate surface area is 189 Å². The number of esters is 1. The summed E-state index contributed by atoms with van der Waals surface area (Å²) in [7, 11) is -2.26. The summed E-state index contributed by atoms with van der Waals surface area (Å²) in [6.07, 6.45) is 2.75. The molecule has 0 saturated carbocycles. The zero-order chi connectivity index (χ0) is 22.7. The smallest absolute Gasteiger partial charge is 0.325 e. The highest BCUT2D eigenvalue weighted by atomic mass is 32.2. The van der Waals surface area contributed by atoms with Gasteiger partial charge >= 0.3 is 5.97 Å². The van der Waals surface area contributed by atoms with E-state index >= 15 is 0 Å². The number of rotatable bonds is 5. The summed E-state index contributed by atoms with van der Waals surface area (Å²) >= 11 is 1.29. The molecule has 1 fully saturated rings. The SMILES string of the molecule is COC(=O)Cn1c(=NC(=O)c2ccc(S(=O)(=O)N3CCCCC3)cc2)sc2ccccc21. The molecule has 0 atom stereocenters. The first-order chi connectivity index (χ1) is 15.4. The third-order valence-electron chi connectivity index (χ3n) is 5.35. The lowest BCUT2D eigenvalue weighted by molar-refractivity contribution is -0.141. The van der Waals surface area contributed by atoms with Gasteiger partial charge in [0.2, 0.25) is 10.0 Å². The Morgan fingerprint density at radius 1 is 1.03 bits per heavy atom. The number of amides is 1. The van der Waals surface area contributed by atoms with E-state index in [0.29, 0.717) is 17.9 Å². The first-order valence-corrected chi connectivity index (χ1v) is 12.5. The Morgan fingerprint density at radius 3 is 2.41 bits per heavy atom. The summed E-state index contributed by atoms with van der Waals surface area (Å²) in [5.41, 5.74) is 1.04. The molecule has 8 nitrogen and oxygen atoms in total. The van der Waals surface area contributed by atoms with E-state index in [9.17, 15) is 18.0 Å². The van der Waals surface area contributed by atoms with Crippen molar-refractivity contribution < 1.29 is 22.7 Å². The van der Waals surface area contributed by atoms with Crippen molar-refractivity contribution in [3.63, 3.8) is 0 Å². The summed E-state index contributed by atoms with van der Waals surface area (Å²) in [6.45, 7) is 0.967. The van der Waals surface area contributed by atoms with Gasteiger partial charge < -0.3 is 9.30 Å². The minimum Gasteiger partial charge on any atom is -0.468 e. The molecular weight excluding hydrogens is 450 g/mol. The van der Waals surface area contributed by atoms with Crippen LogP contribution in [-0.4, -0.2) is 49.4 Å². The fourth-order valence-corrected chi connectivity index (χ4v) is 6.17. The first-order valence-electron chi connectivity index (χ1n) is 10.2. The van der Waals surface area contributed by atoms with Gasteiger partial charge in [-0.05, 0) is 49.2 Å². The number of sulfonamides is 1. The molecule has 0 spiro atoms. The number of ether oxygens (including phenoxy) is 1. The van der Waals surface area contributed by atoms with E-state index in [0.717, 1.165) is 29.5 Å². The quantitative estimate of drug-likeness (QED) is 0.531. The van der Waals surface area contributed by atoms with E-state index in [1.165, 1.54) is 47.0 Å². The van der Waals surface area contributed by atoms with E-state index < -0.39 is 21.9 Å². The molecule has 168 valence electrons. The van der Waals surface area contributed by atoms with E-state index in [2.05, 4.69) is 4.99 Å². The lowest BCUT2D eigenvalue weighted by atomic mass is 10.2. The van der Waals surface area contributed by atoms with Gasteiger partial charge in [-0.1, -0.05) is 29.9 Å². The predicted molar refractivity (Wildman–Crippen MR) is 121 cm³/mol. The Balaban J connectivity index is 1.65. The normalized spacial score (nSPS) is 15.7. The van der Waals surface area contributed by atoms with E-state index in [-0.39, 0.29) is 17.0 Å². The number of para-hydroxylation sites is 1. The van der Waals surface area contributed by atoms with Crippen molar-refractivity contribution >= 4 is 43.5 Å². The number of benzene rings is 2. The van der Waals surface area contributed by atoms with Gasteiger partial charge in [0.15, 0.2) is 4.80 Å². The number of thiazole rings is 1. The Kier molecular flexibility index (Phi) is 6.54. The molecule has 0 N–H and O–H groups in total. The van der Waals surface area contributed by atoms with Crippen LogP contribution in [0.15, 0.2) is 58.4 Å². The maximum Gasteiger partial charge on any atom is 0.325 e. The predicted octanol–water partition coefficient (Wildman–Crippen LogP) is 2.79. The van der Waals surface area contributed by atoms with Gasteiger partial charge in [0, 0.05) is 18.7 Å². The third kappa shape index (κ3) is 4.52. The molecule has 1 aromatic heterocycles. The highest BCUT2D eigenvalue weighted by Crippen LogP contribution is 2.21. The van der Waals surface area contributed by atoms with Gasteiger partial charge in [-0.25, -0.2) is 8.42 Å². The highest BCUT2D eigenvalue weighted by Gasteiger charge is 2.26. The molecule has 1 amide bonds. The number of carbonyl (C=O) groups excluding carboxylic acids is 2. The van der Waals surface area contributed by atoms with Crippen LogP contribution >= 0.6 is 11.3 Å². The van der Waals surface area contributed by atoms with Crippen LogP contribution in [0.3, 0.4) is 0 Å². The van der Waals surface area contributed by atoms with Crippen molar-refractivity contribution in [1.82, 2.24) is 8.87 Å². The molecule has 4 rings (SSSR count). The molecule has 0 radical (unpaired) electrons. The maximum atomic E-state index is 12.8. The van der Waals surface area contributed by atoms with Crippen molar-refractivity contribution in [1.29, 1.82) is 0 Å². The molecule has 3 aromatic rings. The second kappa shape index (κ2) is 9.35. The number of hydrogen-bond donors (Lipinski definition) is 0. The summed E-state index contributed by atoms with van der Waals surface area (Å²) in [5.74, 6) is -0.966. The molecule has 2 aromatic carbocycles. The number of piperidine rings is 1. The lowest BCUT2D eigenvalue weighted by Gasteiger charge is -2.25. The summed E-state index contributed by atoms with van der Waals surface area (Å²) in [6, 6.07) is 13.3. The van der Waals surface area contributed by atoms with Crippen LogP contribution in [0.2, 0.25) is 0 Å². The van der Waals surface area contributed by atoms with E-state index in [1.807, 2.05) is 24.3 Å². The van der Waals surface area contributed by atoms with Crippen molar-refractivity contribution in [3.8, 4) is 0 Å². The zero-order valence-corrected chi connectivity index (χ0v) is 19.2. The van der Waals surface area contributed by atoms with Crippen LogP contribution in [0, 0.1) is 0 Å². The molecule has 0 aliphatic carbocycles. The number of carbonyl (C=O) groups is 2. The Hall–Kier alpha value is -2.82. The number of aromatic nitrogens is 1. The monoisotopic (exact) mass is 473 g/mol. The molecule has 0 unspecified atom stereocenters. The molecule has 0 bridgehead atoms. The summed E-state index contributed by atoms with van der Waals surface area (Å²) in [4.78, 5) is 29.4. The minimum atomic E-state index is -3.57. The first kappa shape index (κ1) is 22.4. The van der Waals surface area contributed by atoms with Crippen LogP contribution in [0.4, 0.5) is 0 Å². The third-order valence-corrected chi connectivity index (χ3v) is 8.33. The van der Waals surface area contributed by atoms with E-state index in [4.69, 9.17) is 4.74 Å². The molecular formula is C22H23N3O5S2.